The van der Waals surface area contributed by atoms with Gasteiger partial charge in [0, 0.05) is 31.1 Å². The Morgan fingerprint density at radius 1 is 1.30 bits per heavy atom. The van der Waals surface area contributed by atoms with E-state index in [0.29, 0.717) is 11.5 Å². The zero-order valence-electron chi connectivity index (χ0n) is 12.5. The largest absolute Gasteiger partial charge is 0.380 e. The SMILES string of the molecule is CC1(CNC2CCN(CCc3ccccc3)C2)COC1. The van der Waals surface area contributed by atoms with Gasteiger partial charge >= 0.3 is 0 Å². The third-order valence-corrected chi connectivity index (χ3v) is 4.55. The van der Waals surface area contributed by atoms with Gasteiger partial charge in [-0.2, -0.15) is 0 Å². The van der Waals surface area contributed by atoms with Crippen LogP contribution < -0.4 is 5.32 Å². The lowest BCUT2D eigenvalue weighted by Crippen LogP contribution is -2.50. The maximum absolute atomic E-state index is 5.31. The second kappa shape index (κ2) is 6.25. The van der Waals surface area contributed by atoms with Crippen molar-refractivity contribution in [3.05, 3.63) is 35.9 Å². The van der Waals surface area contributed by atoms with Crippen molar-refractivity contribution < 1.29 is 4.74 Å². The first-order chi connectivity index (χ1) is 9.73. The number of ether oxygens (including phenoxy) is 1. The van der Waals surface area contributed by atoms with Crippen LogP contribution in [-0.2, 0) is 11.2 Å². The first kappa shape index (κ1) is 14.1. The van der Waals surface area contributed by atoms with E-state index in [9.17, 15) is 0 Å². The van der Waals surface area contributed by atoms with E-state index in [1.54, 1.807) is 0 Å². The Balaban J connectivity index is 1.36. The highest BCUT2D eigenvalue weighted by Gasteiger charge is 2.34. The van der Waals surface area contributed by atoms with E-state index in [-0.39, 0.29) is 0 Å². The lowest BCUT2D eigenvalue weighted by Gasteiger charge is -2.39. The molecular formula is C17H26N2O. The Kier molecular flexibility index (Phi) is 4.39. The van der Waals surface area contributed by atoms with E-state index in [0.717, 1.165) is 19.8 Å². The Morgan fingerprint density at radius 3 is 2.80 bits per heavy atom. The van der Waals surface area contributed by atoms with Crippen LogP contribution in [-0.4, -0.2) is 50.3 Å². The average Bonchev–Trinajstić information content (AvgIpc) is 2.90. The molecule has 2 aliphatic rings. The maximum Gasteiger partial charge on any atom is 0.0554 e. The molecular weight excluding hydrogens is 248 g/mol. The molecule has 3 heteroatoms. The third-order valence-electron chi connectivity index (χ3n) is 4.55. The van der Waals surface area contributed by atoms with Crippen molar-refractivity contribution in [2.24, 2.45) is 5.41 Å². The van der Waals surface area contributed by atoms with Crippen LogP contribution in [0.1, 0.15) is 18.9 Å². The second-order valence-electron chi connectivity index (χ2n) is 6.71. The van der Waals surface area contributed by atoms with Crippen LogP contribution in [0.2, 0.25) is 0 Å². The number of likely N-dealkylation sites (tertiary alicyclic amines) is 1. The fourth-order valence-corrected chi connectivity index (χ4v) is 3.08. The quantitative estimate of drug-likeness (QED) is 0.858. The molecule has 0 amide bonds. The highest BCUT2D eigenvalue weighted by Crippen LogP contribution is 2.25. The monoisotopic (exact) mass is 274 g/mol. The van der Waals surface area contributed by atoms with Gasteiger partial charge in [-0.1, -0.05) is 37.3 Å². The predicted octanol–water partition coefficient (Wildman–Crippen LogP) is 1.93. The summed E-state index contributed by atoms with van der Waals surface area (Å²) < 4.78 is 5.31. The van der Waals surface area contributed by atoms with E-state index in [2.05, 4.69) is 47.5 Å². The Hall–Kier alpha value is -0.900. The Labute approximate surface area is 122 Å². The number of nitrogens with zero attached hydrogens (tertiary/aromatic N) is 1. The van der Waals surface area contributed by atoms with Crippen LogP contribution in [0.5, 0.6) is 0 Å². The molecule has 1 aromatic rings. The molecule has 0 radical (unpaired) electrons. The normalized spacial score (nSPS) is 25.6. The van der Waals surface area contributed by atoms with Crippen molar-refractivity contribution >= 4 is 0 Å². The van der Waals surface area contributed by atoms with Gasteiger partial charge in [-0.15, -0.1) is 0 Å². The molecule has 20 heavy (non-hydrogen) atoms. The van der Waals surface area contributed by atoms with Crippen molar-refractivity contribution in [1.82, 2.24) is 10.2 Å². The van der Waals surface area contributed by atoms with Gasteiger partial charge in [0.25, 0.3) is 0 Å². The van der Waals surface area contributed by atoms with Crippen LogP contribution in [0, 0.1) is 5.41 Å². The summed E-state index contributed by atoms with van der Waals surface area (Å²) in [4.78, 5) is 2.59. The molecule has 0 spiro atoms. The van der Waals surface area contributed by atoms with Crippen molar-refractivity contribution in [3.8, 4) is 0 Å². The fourth-order valence-electron chi connectivity index (χ4n) is 3.08. The van der Waals surface area contributed by atoms with Crippen LogP contribution in [0.25, 0.3) is 0 Å². The molecule has 2 heterocycles. The molecule has 0 saturated carbocycles. The summed E-state index contributed by atoms with van der Waals surface area (Å²) >= 11 is 0. The van der Waals surface area contributed by atoms with E-state index in [1.807, 2.05) is 0 Å². The number of hydrogen-bond donors (Lipinski definition) is 1. The van der Waals surface area contributed by atoms with Gasteiger partial charge in [0.1, 0.15) is 0 Å². The van der Waals surface area contributed by atoms with Gasteiger partial charge in [0.05, 0.1) is 13.2 Å². The first-order valence-corrected chi connectivity index (χ1v) is 7.81. The third kappa shape index (κ3) is 3.60. The van der Waals surface area contributed by atoms with Crippen LogP contribution in [0.3, 0.4) is 0 Å². The van der Waals surface area contributed by atoms with Crippen molar-refractivity contribution in [2.75, 3.05) is 39.4 Å². The summed E-state index contributed by atoms with van der Waals surface area (Å²) in [6.45, 7) is 8.87. The number of hydrogen-bond acceptors (Lipinski definition) is 3. The number of rotatable bonds is 6. The van der Waals surface area contributed by atoms with Gasteiger partial charge in [-0.25, -0.2) is 0 Å². The molecule has 0 aromatic heterocycles. The fraction of sp³-hybridized carbons (Fsp3) is 0.647. The maximum atomic E-state index is 5.31. The minimum absolute atomic E-state index is 0.386. The summed E-state index contributed by atoms with van der Waals surface area (Å²) in [6, 6.07) is 11.5. The lowest BCUT2D eigenvalue weighted by atomic mass is 9.88. The van der Waals surface area contributed by atoms with Gasteiger partial charge in [-0.3, -0.25) is 0 Å². The summed E-state index contributed by atoms with van der Waals surface area (Å²) in [5, 5.41) is 3.73. The highest BCUT2D eigenvalue weighted by atomic mass is 16.5. The Morgan fingerprint density at radius 2 is 2.10 bits per heavy atom. The summed E-state index contributed by atoms with van der Waals surface area (Å²) in [6.07, 6.45) is 2.45. The minimum atomic E-state index is 0.386. The standard InChI is InChI=1S/C17H26N2O/c1-17(13-20-14-17)12-18-16-8-10-19(11-16)9-7-15-5-3-2-4-6-15/h2-6,16,18H,7-14H2,1H3. The molecule has 110 valence electrons. The van der Waals surface area contributed by atoms with Gasteiger partial charge in [-0.05, 0) is 24.9 Å². The van der Waals surface area contributed by atoms with Crippen LogP contribution >= 0.6 is 0 Å². The van der Waals surface area contributed by atoms with Gasteiger partial charge < -0.3 is 15.0 Å². The molecule has 0 aliphatic carbocycles. The zero-order chi connectivity index (χ0) is 13.8. The summed E-state index contributed by atoms with van der Waals surface area (Å²) in [5.41, 5.74) is 1.83. The molecule has 2 fully saturated rings. The molecule has 1 N–H and O–H groups in total. The summed E-state index contributed by atoms with van der Waals surface area (Å²) in [7, 11) is 0. The van der Waals surface area contributed by atoms with Gasteiger partial charge in [0.2, 0.25) is 0 Å². The van der Waals surface area contributed by atoms with Gasteiger partial charge in [0.15, 0.2) is 0 Å². The van der Waals surface area contributed by atoms with Crippen molar-refractivity contribution in [1.29, 1.82) is 0 Å². The Bertz CT molecular complexity index is 416. The number of nitrogens with one attached hydrogen (secondary N) is 1. The highest BCUT2D eigenvalue weighted by molar-refractivity contribution is 5.14. The molecule has 1 unspecified atom stereocenters. The smallest absolute Gasteiger partial charge is 0.0554 e. The first-order valence-electron chi connectivity index (χ1n) is 7.81. The molecule has 3 nitrogen and oxygen atoms in total. The number of benzene rings is 1. The lowest BCUT2D eigenvalue weighted by molar-refractivity contribution is -0.0999. The van der Waals surface area contributed by atoms with E-state index in [4.69, 9.17) is 4.74 Å². The van der Waals surface area contributed by atoms with Crippen LogP contribution in [0.15, 0.2) is 30.3 Å². The molecule has 3 rings (SSSR count). The molecule has 0 bridgehead atoms. The molecule has 1 aromatic carbocycles. The average molecular weight is 274 g/mol. The summed E-state index contributed by atoms with van der Waals surface area (Å²) in [5.74, 6) is 0. The van der Waals surface area contributed by atoms with Crippen molar-refractivity contribution in [2.45, 2.75) is 25.8 Å². The molecule has 2 saturated heterocycles. The molecule has 1 atom stereocenters. The minimum Gasteiger partial charge on any atom is -0.380 e. The second-order valence-corrected chi connectivity index (χ2v) is 6.71. The van der Waals surface area contributed by atoms with Crippen LogP contribution in [0.4, 0.5) is 0 Å². The topological polar surface area (TPSA) is 24.5 Å². The van der Waals surface area contributed by atoms with E-state index < -0.39 is 0 Å². The van der Waals surface area contributed by atoms with Crippen molar-refractivity contribution in [3.63, 3.8) is 0 Å². The zero-order valence-corrected chi connectivity index (χ0v) is 12.5. The van der Waals surface area contributed by atoms with E-state index in [1.165, 1.54) is 38.0 Å². The predicted molar refractivity (Wildman–Crippen MR) is 81.9 cm³/mol. The molecule has 2 aliphatic heterocycles. The van der Waals surface area contributed by atoms with E-state index >= 15 is 0 Å².